The van der Waals surface area contributed by atoms with Crippen LogP contribution in [0.25, 0.3) is 0 Å². The van der Waals surface area contributed by atoms with E-state index in [-0.39, 0.29) is 0 Å². The van der Waals surface area contributed by atoms with Crippen molar-refractivity contribution in [2.75, 3.05) is 19.5 Å². The number of imide groups is 1. The number of hydrogen-bond acceptors (Lipinski definition) is 5. The van der Waals surface area contributed by atoms with E-state index >= 15 is 0 Å². The Morgan fingerprint density at radius 1 is 0.842 bits per heavy atom. The van der Waals surface area contributed by atoms with Gasteiger partial charge in [0.05, 0.1) is 31.7 Å². The first-order valence-corrected chi connectivity index (χ1v) is 12.9. The lowest BCUT2D eigenvalue weighted by Crippen LogP contribution is -2.57. The Morgan fingerprint density at radius 2 is 1.32 bits per heavy atom. The first-order valence-electron chi connectivity index (χ1n) is 12.2. The molecule has 0 saturated carbocycles. The number of benzene rings is 3. The van der Waals surface area contributed by atoms with Gasteiger partial charge >= 0.3 is 0 Å². The second-order valence-electron chi connectivity index (χ2n) is 9.75. The lowest BCUT2D eigenvalue weighted by molar-refractivity contribution is -0.146. The molecule has 38 heavy (non-hydrogen) atoms. The molecule has 7 rings (SSSR count). The van der Waals surface area contributed by atoms with Gasteiger partial charge in [-0.25, -0.2) is 0 Å². The third-order valence-corrected chi connectivity index (χ3v) is 9.34. The van der Waals surface area contributed by atoms with Crippen molar-refractivity contribution in [2.45, 2.75) is 22.7 Å². The average molecular weight is 551 g/mol. The highest BCUT2D eigenvalue weighted by Crippen LogP contribution is 2.69. The molecule has 1 fully saturated rings. The molecule has 3 aromatic carbocycles. The molecule has 0 radical (unpaired) electrons. The van der Waals surface area contributed by atoms with E-state index in [9.17, 15) is 14.4 Å². The third kappa shape index (κ3) is 3.00. The number of alkyl halides is 2. The van der Waals surface area contributed by atoms with Crippen molar-refractivity contribution < 1.29 is 23.9 Å². The summed E-state index contributed by atoms with van der Waals surface area (Å²) in [5, 5.41) is 2.77. The summed E-state index contributed by atoms with van der Waals surface area (Å²) in [5.74, 6) is -2.60. The quantitative estimate of drug-likeness (QED) is 0.370. The van der Waals surface area contributed by atoms with Gasteiger partial charge in [-0.15, -0.1) is 23.2 Å². The molecule has 3 aliphatic carbocycles. The maximum Gasteiger partial charge on any atom is 0.247 e. The Labute approximate surface area is 229 Å². The van der Waals surface area contributed by atoms with Gasteiger partial charge in [0.15, 0.2) is 0 Å². The molecule has 3 atom stereocenters. The van der Waals surface area contributed by atoms with E-state index in [1.165, 1.54) is 21.1 Å². The van der Waals surface area contributed by atoms with Gasteiger partial charge in [-0.1, -0.05) is 48.5 Å². The van der Waals surface area contributed by atoms with Gasteiger partial charge < -0.3 is 14.8 Å². The van der Waals surface area contributed by atoms with Crippen molar-refractivity contribution in [1.29, 1.82) is 0 Å². The second kappa shape index (κ2) is 8.48. The molecule has 1 heterocycles. The average Bonchev–Trinajstić information content (AvgIpc) is 3.22. The molecule has 1 aliphatic heterocycles. The smallest absolute Gasteiger partial charge is 0.247 e. The van der Waals surface area contributed by atoms with Gasteiger partial charge in [0.2, 0.25) is 17.7 Å². The number of methoxy groups -OCH3 is 2. The number of ether oxygens (including phenoxy) is 2. The van der Waals surface area contributed by atoms with Crippen molar-refractivity contribution in [2.24, 2.45) is 11.8 Å². The van der Waals surface area contributed by atoms with E-state index in [1.807, 2.05) is 48.5 Å². The molecule has 7 nitrogen and oxygen atoms in total. The Kier molecular flexibility index (Phi) is 5.53. The van der Waals surface area contributed by atoms with E-state index in [1.54, 1.807) is 18.2 Å². The Hall–Kier alpha value is -3.55. The molecule has 0 aromatic heterocycles. The van der Waals surface area contributed by atoms with Crippen LogP contribution in [-0.4, -0.2) is 42.9 Å². The maximum absolute atomic E-state index is 14.1. The molecular weight excluding hydrogens is 527 g/mol. The number of carbonyl (C=O) groups excluding carboxylic acids is 3. The minimum Gasteiger partial charge on any atom is -0.497 e. The van der Waals surface area contributed by atoms with Crippen LogP contribution in [0.15, 0.2) is 66.7 Å². The summed E-state index contributed by atoms with van der Waals surface area (Å²) in [6.45, 7) is 1.52. The number of rotatable bonds is 5. The number of nitrogens with zero attached hydrogens (tertiary/aromatic N) is 1. The van der Waals surface area contributed by atoms with E-state index in [0.29, 0.717) is 39.4 Å². The van der Waals surface area contributed by atoms with Gasteiger partial charge in [-0.3, -0.25) is 19.3 Å². The molecule has 2 bridgehead atoms. The lowest BCUT2D eigenvalue weighted by atomic mass is 9.54. The Morgan fingerprint density at radius 3 is 1.74 bits per heavy atom. The first kappa shape index (κ1) is 24.8. The number of nitrogens with one attached hydrogen (secondary N) is 1. The number of carbonyl (C=O) groups is 3. The summed E-state index contributed by atoms with van der Waals surface area (Å²) in [5.41, 5.74) is 3.21. The molecule has 9 heteroatoms. The van der Waals surface area contributed by atoms with Gasteiger partial charge in [0, 0.05) is 6.07 Å². The molecule has 1 saturated heterocycles. The minimum atomic E-state index is -1.30. The van der Waals surface area contributed by atoms with Crippen LogP contribution in [0.3, 0.4) is 0 Å². The highest BCUT2D eigenvalue weighted by Gasteiger charge is 2.73. The highest BCUT2D eigenvalue weighted by molar-refractivity contribution is 6.36. The fourth-order valence-corrected chi connectivity index (χ4v) is 7.42. The van der Waals surface area contributed by atoms with Crippen LogP contribution in [0.2, 0.25) is 0 Å². The van der Waals surface area contributed by atoms with Crippen molar-refractivity contribution in [3.05, 3.63) is 89.0 Å². The molecule has 4 aliphatic rings. The summed E-state index contributed by atoms with van der Waals surface area (Å²) in [4.78, 5) is 39.9. The van der Waals surface area contributed by atoms with Crippen LogP contribution in [-0.2, 0) is 24.1 Å². The zero-order chi connectivity index (χ0) is 27.0. The summed E-state index contributed by atoms with van der Waals surface area (Å²) >= 11 is 14.9. The predicted octanol–water partition coefficient (Wildman–Crippen LogP) is 4.62. The van der Waals surface area contributed by atoms with Crippen LogP contribution in [0, 0.1) is 11.8 Å². The van der Waals surface area contributed by atoms with Crippen LogP contribution in [0.5, 0.6) is 11.5 Å². The number of likely N-dealkylation sites (tertiary alicyclic amines) is 1. The zero-order valence-corrected chi connectivity index (χ0v) is 22.3. The van der Waals surface area contributed by atoms with E-state index in [0.717, 1.165) is 4.90 Å². The van der Waals surface area contributed by atoms with Gasteiger partial charge in [-0.05, 0) is 41.3 Å². The largest absolute Gasteiger partial charge is 0.497 e. The summed E-state index contributed by atoms with van der Waals surface area (Å²) < 4.78 is 10.6. The fourth-order valence-electron chi connectivity index (χ4n) is 6.33. The maximum atomic E-state index is 14.1. The van der Waals surface area contributed by atoms with E-state index in [4.69, 9.17) is 32.7 Å². The normalized spacial score (nSPS) is 27.3. The van der Waals surface area contributed by atoms with E-state index in [2.05, 4.69) is 5.32 Å². The molecule has 0 unspecified atom stereocenters. The molecule has 1 N–H and O–H groups in total. The SMILES string of the molecule is COc1ccc(NC(=O)[C@@H](C)N2C(=O)[C@@H]3[C@H](C2=O)C2(Cl)c4ccccc4C3(Cl)c3ccccc32)c(OC)c1. The third-order valence-electron chi connectivity index (χ3n) is 8.05. The molecule has 194 valence electrons. The van der Waals surface area contributed by atoms with Crippen LogP contribution >= 0.6 is 23.2 Å². The molecule has 3 amide bonds. The Bertz CT molecular complexity index is 1400. The van der Waals surface area contributed by atoms with Crippen LogP contribution in [0.1, 0.15) is 29.2 Å². The van der Waals surface area contributed by atoms with Gasteiger partial charge in [-0.2, -0.15) is 0 Å². The summed E-state index contributed by atoms with van der Waals surface area (Å²) in [6, 6.07) is 18.6. The minimum absolute atomic E-state index is 0.376. The number of anilines is 1. The Balaban J connectivity index is 1.41. The van der Waals surface area contributed by atoms with E-state index < -0.39 is 45.3 Å². The molecule has 0 spiro atoms. The topological polar surface area (TPSA) is 84.9 Å². The van der Waals surface area contributed by atoms with Crippen molar-refractivity contribution >= 4 is 46.6 Å². The number of amides is 3. The van der Waals surface area contributed by atoms with Crippen molar-refractivity contribution in [3.63, 3.8) is 0 Å². The fraction of sp³-hybridized carbons (Fsp3) is 0.276. The first-order chi connectivity index (χ1) is 18.2. The van der Waals surface area contributed by atoms with Crippen LogP contribution < -0.4 is 14.8 Å². The molecule has 3 aromatic rings. The number of hydrogen-bond donors (Lipinski definition) is 1. The second-order valence-corrected chi connectivity index (χ2v) is 10.9. The van der Waals surface area contributed by atoms with Gasteiger partial charge in [0.25, 0.3) is 0 Å². The monoisotopic (exact) mass is 550 g/mol. The van der Waals surface area contributed by atoms with Crippen molar-refractivity contribution in [1.82, 2.24) is 4.90 Å². The zero-order valence-electron chi connectivity index (χ0n) is 20.8. The summed E-state index contributed by atoms with van der Waals surface area (Å²) in [7, 11) is 2.99. The van der Waals surface area contributed by atoms with Gasteiger partial charge in [0.1, 0.15) is 27.3 Å². The predicted molar refractivity (Wildman–Crippen MR) is 143 cm³/mol. The number of halogens is 2. The standard InChI is InChI=1S/C29H24Cl2N2O5/c1-15(25(34)32-21-13-12-16(37-2)14-22(21)38-3)33-26(35)23-24(27(33)36)29(31)18-9-5-4-8-17(18)28(23,30)19-10-6-7-11-20(19)29/h4-15,23-24H,1-3H3,(H,32,34)/t15-,23-,24+,28?,29?/m1/s1. The summed E-state index contributed by atoms with van der Waals surface area (Å²) in [6.07, 6.45) is 0. The lowest BCUT2D eigenvalue weighted by Gasteiger charge is -2.54. The molecular formula is C29H24Cl2N2O5. The highest BCUT2D eigenvalue weighted by atomic mass is 35.5. The van der Waals surface area contributed by atoms with Crippen molar-refractivity contribution in [3.8, 4) is 11.5 Å². The van der Waals surface area contributed by atoms with Crippen LogP contribution in [0.4, 0.5) is 5.69 Å².